The van der Waals surface area contributed by atoms with E-state index in [-0.39, 0.29) is 12.0 Å². The van der Waals surface area contributed by atoms with Crippen LogP contribution in [0.1, 0.15) is 29.6 Å². The molecule has 1 amide bonds. The second-order valence-electron chi connectivity index (χ2n) is 4.81. The number of halogens is 4. The third kappa shape index (κ3) is 2.70. The smallest absolute Gasteiger partial charge is 0.254 e. The van der Waals surface area contributed by atoms with Crippen LogP contribution in [0.2, 0.25) is 0 Å². The number of rotatable bonds is 3. The Hall–Kier alpha value is -1.43. The third-order valence-electron chi connectivity index (χ3n) is 3.55. The van der Waals surface area contributed by atoms with E-state index in [1.54, 1.807) is 0 Å². The number of carbonyl (C=O) groups excluding carboxylic acids is 1. The van der Waals surface area contributed by atoms with E-state index in [9.17, 15) is 18.0 Å². The van der Waals surface area contributed by atoms with Crippen molar-refractivity contribution in [3.63, 3.8) is 0 Å². The second-order valence-corrected chi connectivity index (χ2v) is 5.12. The van der Waals surface area contributed by atoms with Crippen molar-refractivity contribution in [3.8, 4) is 5.75 Å². The Balaban J connectivity index is 2.22. The van der Waals surface area contributed by atoms with E-state index in [1.807, 2.05) is 0 Å². The monoisotopic (exact) mass is 307 g/mol. The Morgan fingerprint density at radius 3 is 2.70 bits per heavy atom. The van der Waals surface area contributed by atoms with Crippen LogP contribution in [-0.4, -0.2) is 22.9 Å². The number of nitrogens with one attached hydrogen (secondary N) is 1. The third-order valence-corrected chi connectivity index (χ3v) is 3.95. The zero-order valence-electron chi connectivity index (χ0n) is 10.4. The summed E-state index contributed by atoms with van der Waals surface area (Å²) < 4.78 is 39.7. The van der Waals surface area contributed by atoms with Crippen molar-refractivity contribution in [2.75, 3.05) is 5.88 Å². The van der Waals surface area contributed by atoms with Gasteiger partial charge in [0.15, 0.2) is 17.4 Å². The number of phenolic OH excluding ortho intramolecular Hbond substituents is 1. The van der Waals surface area contributed by atoms with E-state index >= 15 is 0 Å². The lowest BCUT2D eigenvalue weighted by molar-refractivity contribution is 0.0924. The summed E-state index contributed by atoms with van der Waals surface area (Å²) in [6, 6.07) is 0.208. The van der Waals surface area contributed by atoms with Crippen LogP contribution in [0.5, 0.6) is 5.75 Å². The number of phenols is 1. The molecule has 1 aromatic carbocycles. The lowest BCUT2D eigenvalue weighted by atomic mass is 10.1. The predicted molar refractivity (Wildman–Crippen MR) is 67.3 cm³/mol. The molecule has 0 spiro atoms. The summed E-state index contributed by atoms with van der Waals surface area (Å²) in [6.45, 7) is 0. The summed E-state index contributed by atoms with van der Waals surface area (Å²) in [5.41, 5.74) is -0.721. The Morgan fingerprint density at radius 1 is 1.35 bits per heavy atom. The first-order chi connectivity index (χ1) is 9.45. The number of hydrogen-bond donors (Lipinski definition) is 2. The largest absolute Gasteiger partial charge is 0.503 e. The SMILES string of the molecule is O=C(NC1CCCC1CCl)c1cc(F)c(F)c(O)c1F. The van der Waals surface area contributed by atoms with E-state index in [0.29, 0.717) is 18.4 Å². The molecule has 1 saturated carbocycles. The van der Waals surface area contributed by atoms with E-state index < -0.39 is 34.7 Å². The zero-order chi connectivity index (χ0) is 14.9. The second kappa shape index (κ2) is 5.91. The van der Waals surface area contributed by atoms with Gasteiger partial charge in [0.05, 0.1) is 5.56 Å². The summed E-state index contributed by atoms with van der Waals surface area (Å²) in [7, 11) is 0. The fourth-order valence-electron chi connectivity index (χ4n) is 2.41. The fraction of sp³-hybridized carbons (Fsp3) is 0.462. The van der Waals surface area contributed by atoms with Crippen molar-refractivity contribution in [1.29, 1.82) is 0 Å². The Labute approximate surface area is 118 Å². The number of amides is 1. The van der Waals surface area contributed by atoms with Crippen molar-refractivity contribution < 1.29 is 23.1 Å². The van der Waals surface area contributed by atoms with E-state index in [4.69, 9.17) is 16.7 Å². The summed E-state index contributed by atoms with van der Waals surface area (Å²) in [5, 5.41) is 11.6. The van der Waals surface area contributed by atoms with Gasteiger partial charge in [-0.1, -0.05) is 6.42 Å². The molecule has 0 bridgehead atoms. The molecule has 1 fully saturated rings. The molecule has 1 aliphatic carbocycles. The van der Waals surface area contributed by atoms with Crippen LogP contribution >= 0.6 is 11.6 Å². The van der Waals surface area contributed by atoms with Gasteiger partial charge in [-0.3, -0.25) is 4.79 Å². The van der Waals surface area contributed by atoms with Gasteiger partial charge in [0.2, 0.25) is 5.82 Å². The summed E-state index contributed by atoms with van der Waals surface area (Å²) in [4.78, 5) is 11.9. The van der Waals surface area contributed by atoms with Crippen LogP contribution < -0.4 is 5.32 Å². The van der Waals surface area contributed by atoms with Gasteiger partial charge in [-0.25, -0.2) is 8.78 Å². The maximum absolute atomic E-state index is 13.6. The molecule has 0 heterocycles. The maximum Gasteiger partial charge on any atom is 0.254 e. The highest BCUT2D eigenvalue weighted by Gasteiger charge is 2.30. The Kier molecular flexibility index (Phi) is 4.42. The van der Waals surface area contributed by atoms with Crippen molar-refractivity contribution in [3.05, 3.63) is 29.1 Å². The highest BCUT2D eigenvalue weighted by atomic mass is 35.5. The van der Waals surface area contributed by atoms with Crippen LogP contribution in [0.4, 0.5) is 13.2 Å². The number of hydrogen-bond acceptors (Lipinski definition) is 2. The van der Waals surface area contributed by atoms with Gasteiger partial charge < -0.3 is 10.4 Å². The molecule has 2 unspecified atom stereocenters. The maximum atomic E-state index is 13.6. The fourth-order valence-corrected chi connectivity index (χ4v) is 2.78. The molecule has 3 nitrogen and oxygen atoms in total. The molecule has 1 aromatic rings. The van der Waals surface area contributed by atoms with Crippen LogP contribution in [0.25, 0.3) is 0 Å². The quantitative estimate of drug-likeness (QED) is 0.666. The molecule has 2 atom stereocenters. The molecule has 0 aliphatic heterocycles. The lowest BCUT2D eigenvalue weighted by Gasteiger charge is -2.19. The van der Waals surface area contributed by atoms with E-state index in [1.165, 1.54) is 0 Å². The predicted octanol–water partition coefficient (Wildman–Crippen LogP) is 2.95. The van der Waals surface area contributed by atoms with Gasteiger partial charge in [-0.2, -0.15) is 4.39 Å². The molecule has 1 aliphatic rings. The molecule has 110 valence electrons. The van der Waals surface area contributed by atoms with Crippen molar-refractivity contribution in [2.24, 2.45) is 5.92 Å². The first-order valence-electron chi connectivity index (χ1n) is 6.19. The summed E-state index contributed by atoms with van der Waals surface area (Å²) in [5.74, 6) is -6.61. The first kappa shape index (κ1) is 15.0. The van der Waals surface area contributed by atoms with Gasteiger partial charge in [0.25, 0.3) is 5.91 Å². The number of carbonyl (C=O) groups is 1. The minimum absolute atomic E-state index is 0.0718. The van der Waals surface area contributed by atoms with Crippen LogP contribution in [0.3, 0.4) is 0 Å². The molecule has 2 N–H and O–H groups in total. The molecule has 0 saturated heterocycles. The molecule has 7 heteroatoms. The van der Waals surface area contributed by atoms with E-state index in [0.717, 1.165) is 12.8 Å². The average Bonchev–Trinajstić information content (AvgIpc) is 2.87. The number of aromatic hydroxyl groups is 1. The van der Waals surface area contributed by atoms with Gasteiger partial charge in [-0.15, -0.1) is 11.6 Å². The van der Waals surface area contributed by atoms with E-state index in [2.05, 4.69) is 5.32 Å². The highest BCUT2D eigenvalue weighted by molar-refractivity contribution is 6.18. The highest BCUT2D eigenvalue weighted by Crippen LogP contribution is 2.29. The van der Waals surface area contributed by atoms with Crippen LogP contribution in [0, 0.1) is 23.4 Å². The lowest BCUT2D eigenvalue weighted by Crippen LogP contribution is -2.38. The van der Waals surface area contributed by atoms with Crippen molar-refractivity contribution in [2.45, 2.75) is 25.3 Å². The standard InChI is InChI=1S/C13H13ClF3NO2/c14-5-6-2-1-3-9(6)18-13(20)7-4-8(15)11(17)12(19)10(7)16/h4,6,9,19H,1-3,5H2,(H,18,20). The van der Waals surface area contributed by atoms with Gasteiger partial charge in [0, 0.05) is 11.9 Å². The molecule has 2 rings (SSSR count). The molecular weight excluding hydrogens is 295 g/mol. The van der Waals surface area contributed by atoms with Gasteiger partial charge >= 0.3 is 0 Å². The van der Waals surface area contributed by atoms with Crippen LogP contribution in [0.15, 0.2) is 6.07 Å². The van der Waals surface area contributed by atoms with Crippen molar-refractivity contribution in [1.82, 2.24) is 5.32 Å². The minimum Gasteiger partial charge on any atom is -0.503 e. The molecule has 0 radical (unpaired) electrons. The van der Waals surface area contributed by atoms with Crippen LogP contribution in [-0.2, 0) is 0 Å². The van der Waals surface area contributed by atoms with Crippen molar-refractivity contribution >= 4 is 17.5 Å². The summed E-state index contributed by atoms with van der Waals surface area (Å²) >= 11 is 5.76. The zero-order valence-corrected chi connectivity index (χ0v) is 11.2. The number of benzene rings is 1. The average molecular weight is 308 g/mol. The minimum atomic E-state index is -1.71. The molecule has 0 aromatic heterocycles. The Bertz CT molecular complexity index is 539. The molecular formula is C13H13ClF3NO2. The topological polar surface area (TPSA) is 49.3 Å². The first-order valence-corrected chi connectivity index (χ1v) is 6.72. The summed E-state index contributed by atoms with van der Waals surface area (Å²) in [6.07, 6.45) is 2.42. The van der Waals surface area contributed by atoms with Gasteiger partial charge in [0.1, 0.15) is 0 Å². The normalized spacial score (nSPS) is 22.0. The molecule has 20 heavy (non-hydrogen) atoms. The van der Waals surface area contributed by atoms with Gasteiger partial charge in [-0.05, 0) is 24.8 Å². The Morgan fingerprint density at radius 2 is 2.05 bits per heavy atom. The number of alkyl halides is 1.